The lowest BCUT2D eigenvalue weighted by molar-refractivity contribution is -0.115. The minimum absolute atomic E-state index is 0.0435. The minimum atomic E-state index is -3.83. The van der Waals surface area contributed by atoms with Crippen LogP contribution in [0.3, 0.4) is 0 Å². The smallest absolute Gasteiger partial charge is 0.263 e. The van der Waals surface area contributed by atoms with Gasteiger partial charge in [-0.15, -0.1) is 0 Å². The predicted octanol–water partition coefficient (Wildman–Crippen LogP) is 1.36. The number of anilines is 2. The molecule has 7 nitrogen and oxygen atoms in total. The molecule has 1 aliphatic heterocycles. The largest absolute Gasteiger partial charge is 0.325 e. The van der Waals surface area contributed by atoms with E-state index in [0.717, 1.165) is 0 Å². The zero-order valence-electron chi connectivity index (χ0n) is 9.97. The Morgan fingerprint density at radius 2 is 2.15 bits per heavy atom. The van der Waals surface area contributed by atoms with Crippen LogP contribution < -0.4 is 10.0 Å². The number of H-pyrrole nitrogens is 1. The summed E-state index contributed by atoms with van der Waals surface area (Å²) in [7, 11) is -3.83. The molecule has 3 rings (SSSR count). The van der Waals surface area contributed by atoms with Crippen LogP contribution in [0.15, 0.2) is 29.4 Å². The van der Waals surface area contributed by atoms with Gasteiger partial charge < -0.3 is 5.32 Å². The Labute approximate surface area is 119 Å². The van der Waals surface area contributed by atoms with Crippen LogP contribution in [0.4, 0.5) is 11.4 Å². The molecule has 1 aromatic carbocycles. The number of rotatable bonds is 3. The lowest BCUT2D eigenvalue weighted by atomic mass is 10.2. The summed E-state index contributed by atoms with van der Waals surface area (Å²) in [5.74, 6) is -0.187. The Hall–Kier alpha value is -2.06. The van der Waals surface area contributed by atoms with Gasteiger partial charge in [-0.2, -0.15) is 5.10 Å². The number of nitrogens with one attached hydrogen (secondary N) is 3. The number of nitrogens with zero attached hydrogens (tertiary/aromatic N) is 1. The van der Waals surface area contributed by atoms with Crippen molar-refractivity contribution in [2.24, 2.45) is 0 Å². The van der Waals surface area contributed by atoms with Gasteiger partial charge in [0.25, 0.3) is 10.0 Å². The number of fused-ring (bicyclic) bond motifs is 1. The number of carbonyl (C=O) groups excluding carboxylic acids is 1. The summed E-state index contributed by atoms with van der Waals surface area (Å²) < 4.78 is 26.9. The van der Waals surface area contributed by atoms with E-state index >= 15 is 0 Å². The summed E-state index contributed by atoms with van der Waals surface area (Å²) in [6.45, 7) is 0. The van der Waals surface area contributed by atoms with E-state index in [9.17, 15) is 13.2 Å². The number of aromatic nitrogens is 2. The van der Waals surface area contributed by atoms with Crippen molar-refractivity contribution in [3.63, 3.8) is 0 Å². The van der Waals surface area contributed by atoms with Crippen molar-refractivity contribution < 1.29 is 13.2 Å². The Morgan fingerprint density at radius 3 is 2.85 bits per heavy atom. The second kappa shape index (κ2) is 4.50. The zero-order valence-corrected chi connectivity index (χ0v) is 11.5. The summed E-state index contributed by atoms with van der Waals surface area (Å²) in [6.07, 6.45) is 2.88. The molecule has 0 spiro atoms. The van der Waals surface area contributed by atoms with Crippen molar-refractivity contribution in [2.45, 2.75) is 11.3 Å². The maximum atomic E-state index is 12.3. The molecule has 3 N–H and O–H groups in total. The fourth-order valence-corrected chi connectivity index (χ4v) is 3.56. The molecule has 0 unspecified atom stereocenters. The van der Waals surface area contributed by atoms with Gasteiger partial charge in [-0.05, 0) is 17.7 Å². The number of halogens is 1. The highest BCUT2D eigenvalue weighted by molar-refractivity contribution is 7.92. The van der Waals surface area contributed by atoms with Gasteiger partial charge in [0.2, 0.25) is 5.91 Å². The number of hydrogen-bond donors (Lipinski definition) is 3. The van der Waals surface area contributed by atoms with Crippen LogP contribution >= 0.6 is 11.6 Å². The number of sulfonamides is 1. The first-order chi connectivity index (χ1) is 9.45. The van der Waals surface area contributed by atoms with Crippen LogP contribution in [0, 0.1) is 0 Å². The number of benzene rings is 1. The molecule has 9 heteroatoms. The van der Waals surface area contributed by atoms with E-state index in [1.54, 1.807) is 0 Å². The summed E-state index contributed by atoms with van der Waals surface area (Å²) in [6, 6.07) is 2.84. The average Bonchev–Trinajstić information content (AvgIpc) is 2.95. The molecule has 1 aromatic heterocycles. The molecular weight excluding hydrogens is 304 g/mol. The van der Waals surface area contributed by atoms with Crippen LogP contribution in [-0.4, -0.2) is 24.5 Å². The van der Waals surface area contributed by atoms with E-state index in [1.807, 2.05) is 0 Å². The van der Waals surface area contributed by atoms with Gasteiger partial charge in [-0.1, -0.05) is 11.6 Å². The van der Waals surface area contributed by atoms with Gasteiger partial charge >= 0.3 is 0 Å². The van der Waals surface area contributed by atoms with E-state index in [2.05, 4.69) is 20.2 Å². The van der Waals surface area contributed by atoms with Gasteiger partial charge in [-0.3, -0.25) is 14.6 Å². The quantitative estimate of drug-likeness (QED) is 0.796. The van der Waals surface area contributed by atoms with Crippen molar-refractivity contribution in [3.05, 3.63) is 35.1 Å². The van der Waals surface area contributed by atoms with Crippen molar-refractivity contribution >= 4 is 38.9 Å². The first-order valence-corrected chi connectivity index (χ1v) is 7.46. The van der Waals surface area contributed by atoms with Crippen LogP contribution in [0.2, 0.25) is 5.02 Å². The van der Waals surface area contributed by atoms with Crippen LogP contribution in [0.25, 0.3) is 0 Å². The number of amides is 1. The summed E-state index contributed by atoms with van der Waals surface area (Å²) in [5, 5.41) is 8.80. The lowest BCUT2D eigenvalue weighted by Crippen LogP contribution is -2.13. The Kier molecular flexibility index (Phi) is 2.91. The molecule has 2 heterocycles. The first kappa shape index (κ1) is 12.9. The predicted molar refractivity (Wildman–Crippen MR) is 73.2 cm³/mol. The number of hydrogen-bond acceptors (Lipinski definition) is 4. The molecule has 0 fully saturated rings. The minimum Gasteiger partial charge on any atom is -0.325 e. The van der Waals surface area contributed by atoms with Crippen molar-refractivity contribution in [2.75, 3.05) is 10.0 Å². The van der Waals surface area contributed by atoms with E-state index in [-0.39, 0.29) is 22.2 Å². The van der Waals surface area contributed by atoms with Crippen molar-refractivity contribution in [3.8, 4) is 0 Å². The molecule has 1 amide bonds. The highest BCUT2D eigenvalue weighted by Crippen LogP contribution is 2.32. The van der Waals surface area contributed by atoms with Crippen molar-refractivity contribution in [1.29, 1.82) is 0 Å². The van der Waals surface area contributed by atoms with E-state index < -0.39 is 10.0 Å². The third-order valence-corrected chi connectivity index (χ3v) is 4.67. The van der Waals surface area contributed by atoms with Gasteiger partial charge in [0.15, 0.2) is 0 Å². The highest BCUT2D eigenvalue weighted by atomic mass is 35.5. The number of aromatic amines is 1. The third-order valence-electron chi connectivity index (χ3n) is 2.82. The molecule has 0 saturated carbocycles. The lowest BCUT2D eigenvalue weighted by Gasteiger charge is -2.09. The monoisotopic (exact) mass is 312 g/mol. The van der Waals surface area contributed by atoms with Crippen LogP contribution in [-0.2, 0) is 21.2 Å². The van der Waals surface area contributed by atoms with Gasteiger partial charge in [0.1, 0.15) is 4.90 Å². The van der Waals surface area contributed by atoms with Gasteiger partial charge in [-0.25, -0.2) is 8.42 Å². The second-order valence-corrected chi connectivity index (χ2v) is 6.32. The molecule has 104 valence electrons. The molecule has 0 atom stereocenters. The maximum Gasteiger partial charge on any atom is 0.263 e. The fraction of sp³-hybridized carbons (Fsp3) is 0.0909. The molecule has 1 aliphatic rings. The normalized spacial score (nSPS) is 13.9. The fourth-order valence-electron chi connectivity index (χ4n) is 1.95. The molecule has 20 heavy (non-hydrogen) atoms. The van der Waals surface area contributed by atoms with E-state index in [0.29, 0.717) is 16.9 Å². The topological polar surface area (TPSA) is 104 Å². The van der Waals surface area contributed by atoms with Crippen molar-refractivity contribution in [1.82, 2.24) is 10.2 Å². The molecule has 0 saturated heterocycles. The summed E-state index contributed by atoms with van der Waals surface area (Å²) in [4.78, 5) is 11.2. The molecule has 0 aliphatic carbocycles. The van der Waals surface area contributed by atoms with E-state index in [1.165, 1.54) is 24.5 Å². The van der Waals surface area contributed by atoms with Crippen LogP contribution in [0.1, 0.15) is 5.56 Å². The molecule has 2 aromatic rings. The highest BCUT2D eigenvalue weighted by Gasteiger charge is 2.25. The summed E-state index contributed by atoms with van der Waals surface area (Å²) >= 11 is 5.99. The van der Waals surface area contributed by atoms with Gasteiger partial charge in [0, 0.05) is 11.9 Å². The standard InChI is InChI=1S/C11H9ClN4O3S/c12-8-3-9-6(2-11(17)15-9)1-10(8)20(18,19)16-7-4-13-14-5-7/h1,3-5,16H,2H2,(H,13,14)(H,15,17). The van der Waals surface area contributed by atoms with Crippen LogP contribution in [0.5, 0.6) is 0 Å². The zero-order chi connectivity index (χ0) is 14.3. The summed E-state index contributed by atoms with van der Waals surface area (Å²) in [5.41, 5.74) is 1.45. The number of carbonyl (C=O) groups is 1. The molecular formula is C11H9ClN4O3S. The van der Waals surface area contributed by atoms with E-state index in [4.69, 9.17) is 11.6 Å². The molecule has 0 bridgehead atoms. The first-order valence-electron chi connectivity index (χ1n) is 5.59. The van der Waals surface area contributed by atoms with Gasteiger partial charge in [0.05, 0.1) is 23.3 Å². The average molecular weight is 313 g/mol. The maximum absolute atomic E-state index is 12.3. The SMILES string of the molecule is O=C1Cc2cc(S(=O)(=O)Nc3cn[nH]c3)c(Cl)cc2N1. The Balaban J connectivity index is 2.02. The Bertz CT molecular complexity index is 786. The Morgan fingerprint density at radius 1 is 1.35 bits per heavy atom. The third kappa shape index (κ3) is 2.23. The second-order valence-electron chi connectivity index (χ2n) is 4.26. The molecule has 0 radical (unpaired) electrons.